The Hall–Kier alpha value is -7.80. The van der Waals surface area contributed by atoms with Gasteiger partial charge in [0.2, 0.25) is 0 Å². The van der Waals surface area contributed by atoms with Crippen molar-refractivity contribution >= 4 is 0 Å². The van der Waals surface area contributed by atoms with Crippen molar-refractivity contribution in [3.63, 3.8) is 0 Å². The van der Waals surface area contributed by atoms with Crippen LogP contribution in [0.15, 0.2) is 78.9 Å². The maximum absolute atomic E-state index is 12.8. The summed E-state index contributed by atoms with van der Waals surface area (Å²) in [5.74, 6) is -13.7. The van der Waals surface area contributed by atoms with E-state index in [2.05, 4.69) is 0 Å². The van der Waals surface area contributed by atoms with Crippen LogP contribution in [-0.2, 0) is 18.0 Å². The summed E-state index contributed by atoms with van der Waals surface area (Å²) in [5, 5.41) is 145. The summed E-state index contributed by atoms with van der Waals surface area (Å²) in [6, 6.07) is 15.4. The summed E-state index contributed by atoms with van der Waals surface area (Å²) in [7, 11) is 0. The topological polar surface area (TPSA) is 309 Å². The van der Waals surface area contributed by atoms with Crippen LogP contribution in [0.5, 0.6) is 86.2 Å². The van der Waals surface area contributed by atoms with Crippen molar-refractivity contribution in [2.24, 2.45) is 0 Å². The molecule has 5 heterocycles. The Labute approximate surface area is 353 Å². The molecule has 0 aromatic heterocycles. The SMILES string of the molecule is Oc1cc(O)c2c(c1)O[C@@]1(c3ccc(O)c(O)c3)Oc3cc4c(c(O)c3[C@@H]2[C@H]1O)[C@@H]1c2c(cc(O)c3c2O[C@H](c2ccc(O)c(O)c2)[C@H](O)C3)O[C@](c2ccc(O)c(O)c2)(O4)[C@@H]1O. The fraction of sp³-hybridized carbons (Fsp3) is 0.200. The van der Waals surface area contributed by atoms with Crippen LogP contribution in [0, 0.1) is 0 Å². The summed E-state index contributed by atoms with van der Waals surface area (Å²) in [4.78, 5) is 0. The minimum absolute atomic E-state index is 0.0277. The summed E-state index contributed by atoms with van der Waals surface area (Å²) in [6.45, 7) is 0. The molecular formula is C45H34O18. The summed E-state index contributed by atoms with van der Waals surface area (Å²) in [5.41, 5.74) is -0.196. The highest BCUT2D eigenvalue weighted by Crippen LogP contribution is 2.67. The lowest BCUT2D eigenvalue weighted by atomic mass is 9.70. The summed E-state index contributed by atoms with van der Waals surface area (Å²) >= 11 is 0. The van der Waals surface area contributed by atoms with E-state index >= 15 is 0 Å². The van der Waals surface area contributed by atoms with Crippen molar-refractivity contribution in [2.75, 3.05) is 0 Å². The molecular weight excluding hydrogens is 828 g/mol. The van der Waals surface area contributed by atoms with Gasteiger partial charge in [0.05, 0.1) is 17.9 Å². The first-order valence-electron chi connectivity index (χ1n) is 19.4. The second-order valence-corrected chi connectivity index (χ2v) is 16.1. The number of aromatic hydroxyl groups is 10. The van der Waals surface area contributed by atoms with Crippen molar-refractivity contribution < 1.29 is 90.1 Å². The maximum Gasteiger partial charge on any atom is 0.305 e. The molecule has 0 fully saturated rings. The molecule has 0 aliphatic carbocycles. The van der Waals surface area contributed by atoms with Gasteiger partial charge in [0.1, 0.15) is 70.1 Å². The summed E-state index contributed by atoms with van der Waals surface area (Å²) < 4.78 is 32.3. The Bertz CT molecular complexity index is 2990. The minimum Gasteiger partial charge on any atom is -0.508 e. The first-order valence-corrected chi connectivity index (χ1v) is 19.4. The van der Waals surface area contributed by atoms with Crippen molar-refractivity contribution in [1.82, 2.24) is 0 Å². The van der Waals surface area contributed by atoms with Gasteiger partial charge < -0.3 is 90.1 Å². The third-order valence-corrected chi connectivity index (χ3v) is 12.6. The summed E-state index contributed by atoms with van der Waals surface area (Å²) in [6.07, 6.45) is -6.53. The predicted molar refractivity (Wildman–Crippen MR) is 210 cm³/mol. The van der Waals surface area contributed by atoms with Gasteiger partial charge in [-0.15, -0.1) is 0 Å². The average Bonchev–Trinajstić information content (AvgIpc) is 3.22. The zero-order chi connectivity index (χ0) is 44.2. The van der Waals surface area contributed by atoms with Gasteiger partial charge in [0, 0.05) is 69.6 Å². The van der Waals surface area contributed by atoms with Gasteiger partial charge in [-0.3, -0.25) is 0 Å². The molecule has 63 heavy (non-hydrogen) atoms. The number of phenolic OH excluding ortho intramolecular Hbond substituents is 10. The molecule has 11 rings (SSSR count). The van der Waals surface area contributed by atoms with E-state index in [0.29, 0.717) is 0 Å². The van der Waals surface area contributed by atoms with Gasteiger partial charge in [0.15, 0.2) is 34.5 Å². The van der Waals surface area contributed by atoms with Crippen LogP contribution < -0.4 is 23.7 Å². The Kier molecular flexibility index (Phi) is 7.65. The number of rotatable bonds is 3. The van der Waals surface area contributed by atoms with Crippen LogP contribution in [0.25, 0.3) is 0 Å². The van der Waals surface area contributed by atoms with E-state index in [1.54, 1.807) is 0 Å². The van der Waals surface area contributed by atoms with Gasteiger partial charge in [-0.05, 0) is 54.1 Å². The molecule has 6 aromatic rings. The van der Waals surface area contributed by atoms with Crippen molar-refractivity contribution in [3.05, 3.63) is 123 Å². The number of aliphatic hydroxyl groups excluding tert-OH is 3. The zero-order valence-electron chi connectivity index (χ0n) is 32.0. The normalized spacial score (nSPS) is 26.7. The van der Waals surface area contributed by atoms with Crippen LogP contribution in [0.2, 0.25) is 0 Å². The third kappa shape index (κ3) is 5.04. The second kappa shape index (κ2) is 12.6. The average molecular weight is 863 g/mol. The Morgan fingerprint density at radius 2 is 0.937 bits per heavy atom. The molecule has 0 saturated carbocycles. The van der Waals surface area contributed by atoms with E-state index in [4.69, 9.17) is 23.7 Å². The standard InChI is InChI=1S/C45H34O18/c46-18-10-27(54)33-29(11-18)60-44(16-2-5-21(48)25(52)8-16)42(57)37(33)34-31(62-44)14-32-35(39(34)56)38-36-30(61-45(63-32,43(38)58)17-3-6-22(49)26(53)9-17)13-23(50)19-12-28(55)40(59-41(19)36)15-1-4-20(47)24(51)7-15/h1-11,13-14,28,37-38,40,42-43,46-58H,12H2/t28-,37-,38-,40-,42-,43-,44+,45-/m1/s1. The Morgan fingerprint density at radius 1 is 0.444 bits per heavy atom. The molecule has 8 atom stereocenters. The fourth-order valence-electron chi connectivity index (χ4n) is 9.69. The number of ether oxygens (including phenoxy) is 5. The monoisotopic (exact) mass is 862 g/mol. The van der Waals surface area contributed by atoms with Crippen LogP contribution in [-0.4, -0.2) is 84.7 Å². The first-order chi connectivity index (χ1) is 30.0. The lowest BCUT2D eigenvalue weighted by Gasteiger charge is -2.52. The number of hydrogen-bond acceptors (Lipinski definition) is 18. The van der Waals surface area contributed by atoms with Gasteiger partial charge in [-0.1, -0.05) is 6.07 Å². The molecule has 18 heteroatoms. The third-order valence-electron chi connectivity index (χ3n) is 12.6. The van der Waals surface area contributed by atoms with Gasteiger partial charge in [-0.25, -0.2) is 0 Å². The molecule has 5 aliphatic rings. The molecule has 4 bridgehead atoms. The van der Waals surface area contributed by atoms with E-state index in [0.717, 1.165) is 36.4 Å². The van der Waals surface area contributed by atoms with Crippen molar-refractivity contribution in [3.8, 4) is 86.2 Å². The van der Waals surface area contributed by atoms with Gasteiger partial charge in [0.25, 0.3) is 0 Å². The molecule has 0 unspecified atom stereocenters. The van der Waals surface area contributed by atoms with Crippen LogP contribution in [0.4, 0.5) is 0 Å². The molecule has 322 valence electrons. The lowest BCUT2D eigenvalue weighted by molar-refractivity contribution is -0.223. The van der Waals surface area contributed by atoms with Crippen LogP contribution in [0.3, 0.4) is 0 Å². The lowest BCUT2D eigenvalue weighted by Crippen LogP contribution is -2.59. The highest BCUT2D eigenvalue weighted by Gasteiger charge is 2.64. The van der Waals surface area contributed by atoms with E-state index < -0.39 is 105 Å². The number of benzene rings is 6. The number of fused-ring (bicyclic) bond motifs is 14. The minimum atomic E-state index is -2.34. The molecule has 0 saturated heterocycles. The molecule has 5 aliphatic heterocycles. The number of aliphatic hydroxyl groups is 3. The molecule has 6 aromatic carbocycles. The number of hydrogen-bond donors (Lipinski definition) is 13. The van der Waals surface area contributed by atoms with Crippen LogP contribution in [0.1, 0.15) is 62.4 Å². The zero-order valence-corrected chi connectivity index (χ0v) is 32.0. The highest BCUT2D eigenvalue weighted by atomic mass is 16.7. The molecule has 0 amide bonds. The first kappa shape index (κ1) is 38.1. The molecule has 0 radical (unpaired) electrons. The van der Waals surface area contributed by atoms with E-state index in [9.17, 15) is 66.4 Å². The van der Waals surface area contributed by atoms with Crippen molar-refractivity contribution in [2.45, 2.75) is 54.2 Å². The molecule has 13 N–H and O–H groups in total. The largest absolute Gasteiger partial charge is 0.508 e. The van der Waals surface area contributed by atoms with Gasteiger partial charge >= 0.3 is 11.6 Å². The van der Waals surface area contributed by atoms with Crippen molar-refractivity contribution in [1.29, 1.82) is 0 Å². The maximum atomic E-state index is 12.8. The van der Waals surface area contributed by atoms with Gasteiger partial charge in [-0.2, -0.15) is 0 Å². The quantitative estimate of drug-likeness (QED) is 0.112. The smallest absolute Gasteiger partial charge is 0.305 e. The number of phenols is 10. The second-order valence-electron chi connectivity index (χ2n) is 16.1. The van der Waals surface area contributed by atoms with Crippen LogP contribution >= 0.6 is 0 Å². The van der Waals surface area contributed by atoms with E-state index in [-0.39, 0.29) is 79.7 Å². The predicted octanol–water partition coefficient (Wildman–Crippen LogP) is 4.04. The highest BCUT2D eigenvalue weighted by molar-refractivity contribution is 5.73. The molecule has 0 spiro atoms. The Balaban J connectivity index is 1.18. The Morgan fingerprint density at radius 3 is 1.48 bits per heavy atom. The fourth-order valence-corrected chi connectivity index (χ4v) is 9.69. The van der Waals surface area contributed by atoms with E-state index in [1.807, 2.05) is 0 Å². The molecule has 18 nitrogen and oxygen atoms in total. The van der Waals surface area contributed by atoms with E-state index in [1.165, 1.54) is 42.5 Å².